The molecule has 3 aromatic carbocycles. The summed E-state index contributed by atoms with van der Waals surface area (Å²) in [7, 11) is 7.10. The Morgan fingerprint density at radius 2 is 1.39 bits per heavy atom. The van der Waals surface area contributed by atoms with Crippen LogP contribution in [0.1, 0.15) is 36.0 Å². The van der Waals surface area contributed by atoms with E-state index >= 15 is 0 Å². The van der Waals surface area contributed by atoms with E-state index in [1.54, 1.807) is 21.3 Å². The first-order chi connectivity index (χ1) is 18.5. The first kappa shape index (κ1) is 27.8. The molecule has 0 amide bonds. The Morgan fingerprint density at radius 1 is 0.842 bits per heavy atom. The molecule has 38 heavy (non-hydrogen) atoms. The zero-order valence-corrected chi connectivity index (χ0v) is 22.9. The van der Waals surface area contributed by atoms with E-state index in [0.29, 0.717) is 32.0 Å². The number of hydrogen-bond acceptors (Lipinski definition) is 6. The maximum absolute atomic E-state index is 12.4. The van der Waals surface area contributed by atoms with Gasteiger partial charge in [-0.05, 0) is 60.3 Å². The summed E-state index contributed by atoms with van der Waals surface area (Å²) in [4.78, 5) is 14.7. The minimum Gasteiger partial charge on any atom is -0.497 e. The van der Waals surface area contributed by atoms with Crippen LogP contribution in [-0.2, 0) is 19.9 Å². The van der Waals surface area contributed by atoms with Gasteiger partial charge in [-0.3, -0.25) is 4.79 Å². The molecule has 0 aliphatic carbocycles. The van der Waals surface area contributed by atoms with E-state index < -0.39 is 5.60 Å². The van der Waals surface area contributed by atoms with Crippen LogP contribution in [0.4, 0.5) is 0 Å². The van der Waals surface area contributed by atoms with Gasteiger partial charge in [0, 0.05) is 32.5 Å². The minimum atomic E-state index is -0.840. The van der Waals surface area contributed by atoms with Gasteiger partial charge in [-0.25, -0.2) is 0 Å². The summed E-state index contributed by atoms with van der Waals surface area (Å²) in [6.45, 7) is 1.89. The molecular weight excluding hydrogens is 478 g/mol. The Morgan fingerprint density at radius 3 is 1.92 bits per heavy atom. The summed E-state index contributed by atoms with van der Waals surface area (Å²) in [6.07, 6.45) is 1.99. The van der Waals surface area contributed by atoms with Crippen molar-refractivity contribution in [3.05, 3.63) is 95.6 Å². The number of likely N-dealkylation sites (N-methyl/N-ethyl adjacent to an activating group) is 1. The highest BCUT2D eigenvalue weighted by molar-refractivity contribution is 5.78. The highest BCUT2D eigenvalue weighted by atomic mass is 16.5. The second-order valence-electron chi connectivity index (χ2n) is 10.00. The van der Waals surface area contributed by atoms with E-state index in [2.05, 4.69) is 48.3 Å². The number of hydrogen-bond donors (Lipinski definition) is 0. The summed E-state index contributed by atoms with van der Waals surface area (Å²) in [5.74, 6) is 2.18. The van der Waals surface area contributed by atoms with E-state index in [0.717, 1.165) is 41.2 Å². The number of likely N-dealkylation sites (tertiary alicyclic amines) is 1. The molecule has 3 aromatic rings. The van der Waals surface area contributed by atoms with Gasteiger partial charge in [-0.2, -0.15) is 0 Å². The SMILES string of the molecule is COCCC(=O)C[C@@H]1CC(COC(c2ccccc2)(c2ccc(OC)cc2)c2ccc(OC)cc2)N(C)C1. The van der Waals surface area contributed by atoms with Gasteiger partial charge in [0.2, 0.25) is 0 Å². The molecule has 1 aliphatic rings. The smallest absolute Gasteiger partial charge is 0.143 e. The monoisotopic (exact) mass is 517 g/mol. The lowest BCUT2D eigenvalue weighted by Crippen LogP contribution is -2.38. The van der Waals surface area contributed by atoms with Crippen LogP contribution in [0.15, 0.2) is 78.9 Å². The predicted octanol–water partition coefficient (Wildman–Crippen LogP) is 5.33. The van der Waals surface area contributed by atoms with Gasteiger partial charge in [0.25, 0.3) is 0 Å². The van der Waals surface area contributed by atoms with Crippen molar-refractivity contribution in [3.8, 4) is 11.5 Å². The van der Waals surface area contributed by atoms with Crippen LogP contribution in [0.3, 0.4) is 0 Å². The zero-order valence-electron chi connectivity index (χ0n) is 22.9. The number of carbonyl (C=O) groups excluding carboxylic acids is 1. The normalized spacial score (nSPS) is 17.9. The molecule has 1 heterocycles. The Bertz CT molecular complexity index is 1100. The number of methoxy groups -OCH3 is 3. The molecule has 6 nitrogen and oxygen atoms in total. The van der Waals surface area contributed by atoms with Crippen LogP contribution in [0, 0.1) is 5.92 Å². The van der Waals surface area contributed by atoms with Gasteiger partial charge in [-0.1, -0.05) is 54.6 Å². The number of nitrogens with zero attached hydrogens (tertiary/aromatic N) is 1. The molecule has 0 saturated carbocycles. The summed E-state index contributed by atoms with van der Waals surface area (Å²) in [5.41, 5.74) is 2.23. The molecule has 1 unspecified atom stereocenters. The standard InChI is InChI=1S/C32H39NO5/c1-33-22-24(21-29(34)18-19-35-2)20-28(33)23-38-32(25-8-6-5-7-9-25,26-10-14-30(36-3)15-11-26)27-12-16-31(37-4)17-13-27/h5-17,24,28H,18-23H2,1-4H3/t24-,28?/m0/s1. The van der Waals surface area contributed by atoms with Crippen molar-refractivity contribution in [1.82, 2.24) is 4.90 Å². The van der Waals surface area contributed by atoms with Crippen LogP contribution < -0.4 is 9.47 Å². The van der Waals surface area contributed by atoms with Crippen LogP contribution >= 0.6 is 0 Å². The Balaban J connectivity index is 1.67. The Hall–Kier alpha value is -3.19. The maximum Gasteiger partial charge on any atom is 0.143 e. The third-order valence-electron chi connectivity index (χ3n) is 7.54. The van der Waals surface area contributed by atoms with E-state index in [1.165, 1.54) is 0 Å². The topological polar surface area (TPSA) is 57.2 Å². The number of carbonyl (C=O) groups is 1. The second-order valence-corrected chi connectivity index (χ2v) is 10.00. The van der Waals surface area contributed by atoms with Gasteiger partial charge in [0.1, 0.15) is 22.9 Å². The van der Waals surface area contributed by atoms with E-state index in [1.807, 2.05) is 42.5 Å². The van der Waals surface area contributed by atoms with Crippen LogP contribution in [0.2, 0.25) is 0 Å². The van der Waals surface area contributed by atoms with Crippen LogP contribution in [0.5, 0.6) is 11.5 Å². The van der Waals surface area contributed by atoms with Gasteiger partial charge in [0.15, 0.2) is 0 Å². The lowest BCUT2D eigenvalue weighted by Gasteiger charge is -2.37. The largest absolute Gasteiger partial charge is 0.497 e. The van der Waals surface area contributed by atoms with Crippen molar-refractivity contribution in [1.29, 1.82) is 0 Å². The highest BCUT2D eigenvalue weighted by Crippen LogP contribution is 2.42. The molecule has 0 radical (unpaired) electrons. The van der Waals surface area contributed by atoms with Crippen molar-refractivity contribution in [3.63, 3.8) is 0 Å². The molecule has 2 atom stereocenters. The molecule has 1 fully saturated rings. The molecule has 4 rings (SSSR count). The van der Waals surface area contributed by atoms with Gasteiger partial charge >= 0.3 is 0 Å². The molecule has 0 N–H and O–H groups in total. The van der Waals surface area contributed by atoms with Gasteiger partial charge < -0.3 is 23.8 Å². The van der Waals surface area contributed by atoms with Crippen molar-refractivity contribution >= 4 is 5.78 Å². The van der Waals surface area contributed by atoms with Gasteiger partial charge in [-0.15, -0.1) is 0 Å². The molecular formula is C32H39NO5. The van der Waals surface area contributed by atoms with E-state index in [4.69, 9.17) is 18.9 Å². The third kappa shape index (κ3) is 6.26. The van der Waals surface area contributed by atoms with E-state index in [9.17, 15) is 4.79 Å². The molecule has 0 spiro atoms. The summed E-state index contributed by atoms with van der Waals surface area (Å²) >= 11 is 0. The Labute approximate surface area is 226 Å². The molecule has 6 heteroatoms. The fourth-order valence-electron chi connectivity index (χ4n) is 5.47. The zero-order chi connectivity index (χ0) is 27.0. The van der Waals surface area contributed by atoms with Crippen LogP contribution in [-0.4, -0.2) is 64.9 Å². The lowest BCUT2D eigenvalue weighted by molar-refractivity contribution is -0.120. The number of ether oxygens (including phenoxy) is 4. The number of Topliss-reactive ketones (excluding diaryl/α,β-unsaturated/α-hetero) is 1. The number of ketones is 1. The summed E-state index contributed by atoms with van der Waals surface area (Å²) in [6, 6.07) is 26.7. The average molecular weight is 518 g/mol. The van der Waals surface area contributed by atoms with Crippen molar-refractivity contribution < 1.29 is 23.7 Å². The predicted molar refractivity (Wildman–Crippen MR) is 149 cm³/mol. The molecule has 1 aliphatic heterocycles. The van der Waals surface area contributed by atoms with Gasteiger partial charge in [0.05, 0.1) is 27.4 Å². The second kappa shape index (κ2) is 13.1. The summed E-state index contributed by atoms with van der Waals surface area (Å²) in [5, 5.41) is 0. The van der Waals surface area contributed by atoms with Crippen molar-refractivity contribution in [2.45, 2.75) is 30.9 Å². The fourth-order valence-corrected chi connectivity index (χ4v) is 5.47. The number of rotatable bonds is 13. The first-order valence-corrected chi connectivity index (χ1v) is 13.2. The fraction of sp³-hybridized carbons (Fsp3) is 0.406. The minimum absolute atomic E-state index is 0.204. The summed E-state index contributed by atoms with van der Waals surface area (Å²) < 4.78 is 23.1. The number of benzene rings is 3. The molecule has 202 valence electrons. The van der Waals surface area contributed by atoms with Crippen molar-refractivity contribution in [2.24, 2.45) is 5.92 Å². The van der Waals surface area contributed by atoms with Crippen molar-refractivity contribution in [2.75, 3.05) is 48.1 Å². The average Bonchev–Trinajstić information content (AvgIpc) is 3.31. The van der Waals surface area contributed by atoms with E-state index in [-0.39, 0.29) is 11.8 Å². The lowest BCUT2D eigenvalue weighted by atomic mass is 9.80. The molecule has 0 bridgehead atoms. The maximum atomic E-state index is 12.4. The molecule has 0 aromatic heterocycles. The molecule has 1 saturated heterocycles. The Kier molecular flexibility index (Phi) is 9.56. The quantitative estimate of drug-likeness (QED) is 0.286. The first-order valence-electron chi connectivity index (χ1n) is 13.2. The third-order valence-corrected chi connectivity index (χ3v) is 7.54. The van der Waals surface area contributed by atoms with Crippen LogP contribution in [0.25, 0.3) is 0 Å². The highest BCUT2D eigenvalue weighted by Gasteiger charge is 2.40.